The van der Waals surface area contributed by atoms with E-state index < -0.39 is 0 Å². The lowest BCUT2D eigenvalue weighted by Crippen LogP contribution is -2.57. The van der Waals surface area contributed by atoms with Crippen molar-refractivity contribution in [1.29, 1.82) is 0 Å². The van der Waals surface area contributed by atoms with Crippen LogP contribution in [0.3, 0.4) is 0 Å². The number of nitrogens with zero attached hydrogens (tertiary/aromatic N) is 1. The minimum Gasteiger partial charge on any atom is -0.383 e. The highest BCUT2D eigenvalue weighted by Gasteiger charge is 2.36. The maximum Gasteiger partial charge on any atom is 0.0615 e. The van der Waals surface area contributed by atoms with E-state index in [1.165, 1.54) is 0 Å². The molecule has 0 aromatic rings. The average Bonchev–Trinajstić information content (AvgIpc) is 2.26. The summed E-state index contributed by atoms with van der Waals surface area (Å²) in [7, 11) is 3.96. The summed E-state index contributed by atoms with van der Waals surface area (Å²) < 4.78 is 5.29. The molecule has 0 aromatic heterocycles. The maximum atomic E-state index is 6.16. The predicted octanol–water partition coefficient (Wildman–Crippen LogP) is 2.74. The average molecular weight is 258 g/mol. The van der Waals surface area contributed by atoms with Crippen molar-refractivity contribution in [2.45, 2.75) is 59.0 Å². The Morgan fingerprint density at radius 3 is 1.78 bits per heavy atom. The van der Waals surface area contributed by atoms with Crippen molar-refractivity contribution in [3.8, 4) is 0 Å². The summed E-state index contributed by atoms with van der Waals surface area (Å²) in [6, 6.07) is 0.399. The number of likely N-dealkylation sites (N-methyl/N-ethyl adjacent to an activating group) is 1. The van der Waals surface area contributed by atoms with Gasteiger partial charge >= 0.3 is 0 Å². The fourth-order valence-electron chi connectivity index (χ4n) is 3.02. The van der Waals surface area contributed by atoms with Crippen molar-refractivity contribution in [2.24, 2.45) is 17.6 Å². The summed E-state index contributed by atoms with van der Waals surface area (Å²) >= 11 is 0. The lowest BCUT2D eigenvalue weighted by molar-refractivity contribution is 0.0135. The number of hydrogen-bond acceptors (Lipinski definition) is 3. The fraction of sp³-hybridized carbons (Fsp3) is 1.00. The van der Waals surface area contributed by atoms with Gasteiger partial charge in [-0.1, -0.05) is 27.7 Å². The van der Waals surface area contributed by atoms with Gasteiger partial charge in [0.1, 0.15) is 0 Å². The van der Waals surface area contributed by atoms with Gasteiger partial charge in [-0.25, -0.2) is 0 Å². The van der Waals surface area contributed by atoms with E-state index in [2.05, 4.69) is 46.6 Å². The second-order valence-corrected chi connectivity index (χ2v) is 6.54. The van der Waals surface area contributed by atoms with Crippen LogP contribution in [0.5, 0.6) is 0 Å². The van der Waals surface area contributed by atoms with Crippen LogP contribution in [0, 0.1) is 11.8 Å². The Morgan fingerprint density at radius 2 is 1.50 bits per heavy atom. The molecule has 0 fully saturated rings. The summed E-state index contributed by atoms with van der Waals surface area (Å²) in [4.78, 5) is 2.44. The molecule has 3 nitrogen and oxygen atoms in total. The third-order valence-electron chi connectivity index (χ3n) is 3.77. The first-order valence-corrected chi connectivity index (χ1v) is 7.21. The molecular formula is C15H34N2O. The third-order valence-corrected chi connectivity index (χ3v) is 3.77. The maximum absolute atomic E-state index is 6.16. The summed E-state index contributed by atoms with van der Waals surface area (Å²) in [5, 5.41) is 0. The molecule has 3 heteroatoms. The van der Waals surface area contributed by atoms with E-state index in [1.54, 1.807) is 7.11 Å². The van der Waals surface area contributed by atoms with Gasteiger partial charge in [0.15, 0.2) is 0 Å². The zero-order valence-electron chi connectivity index (χ0n) is 13.5. The van der Waals surface area contributed by atoms with Gasteiger partial charge in [0, 0.05) is 25.2 Å². The van der Waals surface area contributed by atoms with Crippen molar-refractivity contribution in [3.63, 3.8) is 0 Å². The molecule has 0 rings (SSSR count). The Kier molecular flexibility index (Phi) is 8.08. The Bertz CT molecular complexity index is 207. The Balaban J connectivity index is 5.01. The van der Waals surface area contributed by atoms with Gasteiger partial charge in [-0.05, 0) is 38.6 Å². The van der Waals surface area contributed by atoms with E-state index in [9.17, 15) is 0 Å². The third kappa shape index (κ3) is 5.25. The first kappa shape index (κ1) is 17.9. The molecule has 0 spiro atoms. The zero-order chi connectivity index (χ0) is 14.3. The number of nitrogens with two attached hydrogens (primary N) is 1. The van der Waals surface area contributed by atoms with E-state index in [1.807, 2.05) is 0 Å². The number of rotatable bonds is 9. The predicted molar refractivity (Wildman–Crippen MR) is 79.8 cm³/mol. The number of ether oxygens (including phenoxy) is 1. The van der Waals surface area contributed by atoms with Crippen molar-refractivity contribution in [3.05, 3.63) is 0 Å². The highest BCUT2D eigenvalue weighted by Crippen LogP contribution is 2.31. The van der Waals surface area contributed by atoms with E-state index in [-0.39, 0.29) is 5.54 Å². The van der Waals surface area contributed by atoms with Crippen LogP contribution in [0.15, 0.2) is 0 Å². The van der Waals surface area contributed by atoms with E-state index in [0.717, 1.165) is 19.4 Å². The van der Waals surface area contributed by atoms with Crippen molar-refractivity contribution < 1.29 is 4.74 Å². The van der Waals surface area contributed by atoms with Gasteiger partial charge in [-0.15, -0.1) is 0 Å². The van der Waals surface area contributed by atoms with Crippen molar-refractivity contribution in [2.75, 3.05) is 27.3 Å². The minimum atomic E-state index is 0.0975. The Labute approximate surface area is 114 Å². The first-order chi connectivity index (χ1) is 8.29. The first-order valence-electron chi connectivity index (χ1n) is 7.21. The van der Waals surface area contributed by atoms with Crippen LogP contribution in [-0.4, -0.2) is 43.8 Å². The highest BCUT2D eigenvalue weighted by molar-refractivity contribution is 4.94. The molecule has 18 heavy (non-hydrogen) atoms. The molecule has 0 aliphatic carbocycles. The Morgan fingerprint density at radius 1 is 1.06 bits per heavy atom. The largest absolute Gasteiger partial charge is 0.383 e. The molecule has 0 amide bonds. The molecule has 0 radical (unpaired) electrons. The highest BCUT2D eigenvalue weighted by atomic mass is 16.5. The summed E-state index contributed by atoms with van der Waals surface area (Å²) in [5.41, 5.74) is 6.25. The standard InChI is InChI=1S/C15H34N2O/c1-12(2)8-15(11-16,9-13(3)4)17(6)14(5)10-18-7/h12-14H,8-11,16H2,1-7H3. The molecule has 110 valence electrons. The summed E-state index contributed by atoms with van der Waals surface area (Å²) in [6.07, 6.45) is 2.29. The molecule has 0 bridgehead atoms. The zero-order valence-corrected chi connectivity index (χ0v) is 13.5. The second kappa shape index (κ2) is 8.13. The van der Waals surface area contributed by atoms with Crippen LogP contribution in [0.1, 0.15) is 47.5 Å². The van der Waals surface area contributed by atoms with Crippen LogP contribution >= 0.6 is 0 Å². The van der Waals surface area contributed by atoms with Gasteiger partial charge in [-0.2, -0.15) is 0 Å². The molecule has 0 saturated carbocycles. The Hall–Kier alpha value is -0.120. The molecule has 0 aliphatic heterocycles. The number of hydrogen-bond donors (Lipinski definition) is 1. The topological polar surface area (TPSA) is 38.5 Å². The molecular weight excluding hydrogens is 224 g/mol. The van der Waals surface area contributed by atoms with Gasteiger partial charge in [0.2, 0.25) is 0 Å². The van der Waals surface area contributed by atoms with Gasteiger partial charge in [0.25, 0.3) is 0 Å². The van der Waals surface area contributed by atoms with Gasteiger partial charge in [-0.3, -0.25) is 4.90 Å². The minimum absolute atomic E-state index is 0.0975. The lowest BCUT2D eigenvalue weighted by Gasteiger charge is -2.46. The molecule has 1 atom stereocenters. The molecule has 0 aromatic carbocycles. The normalized spacial score (nSPS) is 14.8. The molecule has 0 saturated heterocycles. The second-order valence-electron chi connectivity index (χ2n) is 6.54. The van der Waals surface area contributed by atoms with E-state index in [0.29, 0.717) is 24.4 Å². The fourth-order valence-corrected chi connectivity index (χ4v) is 3.02. The van der Waals surface area contributed by atoms with Crippen LogP contribution < -0.4 is 5.73 Å². The summed E-state index contributed by atoms with van der Waals surface area (Å²) in [6.45, 7) is 12.8. The van der Waals surface area contributed by atoms with Crippen LogP contribution in [0.2, 0.25) is 0 Å². The monoisotopic (exact) mass is 258 g/mol. The SMILES string of the molecule is COCC(C)N(C)C(CN)(CC(C)C)CC(C)C. The molecule has 2 N–H and O–H groups in total. The summed E-state index contributed by atoms with van der Waals surface area (Å²) in [5.74, 6) is 1.31. The van der Waals surface area contributed by atoms with Crippen molar-refractivity contribution in [1.82, 2.24) is 4.90 Å². The quantitative estimate of drug-likeness (QED) is 0.691. The number of methoxy groups -OCH3 is 1. The van der Waals surface area contributed by atoms with Crippen LogP contribution in [0.25, 0.3) is 0 Å². The molecule has 1 unspecified atom stereocenters. The smallest absolute Gasteiger partial charge is 0.0615 e. The van der Waals surface area contributed by atoms with Crippen LogP contribution in [-0.2, 0) is 4.74 Å². The van der Waals surface area contributed by atoms with Gasteiger partial charge in [0.05, 0.1) is 6.61 Å². The van der Waals surface area contributed by atoms with E-state index in [4.69, 9.17) is 10.5 Å². The van der Waals surface area contributed by atoms with Crippen LogP contribution in [0.4, 0.5) is 0 Å². The molecule has 0 heterocycles. The van der Waals surface area contributed by atoms with Gasteiger partial charge < -0.3 is 10.5 Å². The molecule has 0 aliphatic rings. The van der Waals surface area contributed by atoms with Crippen molar-refractivity contribution >= 4 is 0 Å². The lowest BCUT2D eigenvalue weighted by atomic mass is 9.80. The van der Waals surface area contributed by atoms with E-state index >= 15 is 0 Å².